The molecule has 10 heteroatoms. The Morgan fingerprint density at radius 3 is 2.42 bits per heavy atom. The molecule has 24 heavy (non-hydrogen) atoms. The number of rotatable bonds is 4. The molecule has 0 aliphatic rings. The minimum atomic E-state index is -0.639. The number of carbonyl (C=O) groups excluding carboxylic acids is 2. The number of nitrogens with one attached hydrogen (secondary N) is 2. The van der Waals surface area contributed by atoms with E-state index in [2.05, 4.69) is 15.8 Å². The van der Waals surface area contributed by atoms with Gasteiger partial charge in [-0.1, -0.05) is 58.5 Å². The third-order valence-electron chi connectivity index (χ3n) is 2.63. The Bertz CT molecular complexity index is 786. The molecule has 0 radical (unpaired) electrons. The average molecular weight is 409 g/mol. The zero-order valence-electron chi connectivity index (χ0n) is 11.8. The van der Waals surface area contributed by atoms with E-state index < -0.39 is 18.4 Å². The van der Waals surface area contributed by atoms with Crippen molar-refractivity contribution in [1.82, 2.24) is 15.8 Å². The van der Waals surface area contributed by atoms with Gasteiger partial charge < -0.3 is 4.74 Å². The Kier molecular flexibility index (Phi) is 6.51. The summed E-state index contributed by atoms with van der Waals surface area (Å²) in [5.41, 5.74) is 4.60. The van der Waals surface area contributed by atoms with Crippen molar-refractivity contribution in [3.8, 4) is 5.88 Å². The standard InChI is InChI=1S/C14H9Cl4N3O3/c15-8-4-2-1-3-7(8)13(23)21-20-11(22)6-24-14-10(17)5-9(16)12(18)19-14/h1-5H,6H2,(H,20,22)(H,21,23). The van der Waals surface area contributed by atoms with Crippen molar-refractivity contribution in [3.63, 3.8) is 0 Å². The fourth-order valence-corrected chi connectivity index (χ4v) is 2.30. The minimum Gasteiger partial charge on any atom is -0.466 e. The number of aromatic nitrogens is 1. The molecule has 2 rings (SSSR count). The minimum absolute atomic E-state index is 0.0107. The number of benzene rings is 1. The van der Waals surface area contributed by atoms with Gasteiger partial charge in [-0.25, -0.2) is 0 Å². The highest BCUT2D eigenvalue weighted by Crippen LogP contribution is 2.30. The summed E-state index contributed by atoms with van der Waals surface area (Å²) >= 11 is 23.2. The number of halogens is 4. The van der Waals surface area contributed by atoms with Gasteiger partial charge in [0, 0.05) is 0 Å². The van der Waals surface area contributed by atoms with Crippen LogP contribution in [0.4, 0.5) is 0 Å². The van der Waals surface area contributed by atoms with Gasteiger partial charge in [0.05, 0.1) is 15.6 Å². The largest absolute Gasteiger partial charge is 0.466 e. The molecule has 0 atom stereocenters. The van der Waals surface area contributed by atoms with Crippen molar-refractivity contribution in [2.45, 2.75) is 0 Å². The first-order chi connectivity index (χ1) is 11.4. The molecule has 0 unspecified atom stereocenters. The molecule has 2 aromatic rings. The highest BCUT2D eigenvalue weighted by atomic mass is 35.5. The lowest BCUT2D eigenvalue weighted by Gasteiger charge is -2.10. The first-order valence-electron chi connectivity index (χ1n) is 6.36. The van der Waals surface area contributed by atoms with Crippen molar-refractivity contribution < 1.29 is 14.3 Å². The normalized spacial score (nSPS) is 10.2. The molecule has 2 amide bonds. The fourth-order valence-electron chi connectivity index (χ4n) is 1.54. The second kappa shape index (κ2) is 8.39. The van der Waals surface area contributed by atoms with E-state index in [1.165, 1.54) is 12.1 Å². The van der Waals surface area contributed by atoms with E-state index in [1.54, 1.807) is 18.2 Å². The second-order valence-electron chi connectivity index (χ2n) is 4.32. The number of hydrazine groups is 1. The molecule has 0 saturated carbocycles. The number of hydrogen-bond donors (Lipinski definition) is 2. The SMILES string of the molecule is O=C(COc1nc(Cl)c(Cl)cc1Cl)NNC(=O)c1ccccc1Cl. The number of amides is 2. The smallest absolute Gasteiger partial charge is 0.276 e. The predicted octanol–water partition coefficient (Wildman–Crippen LogP) is 3.54. The van der Waals surface area contributed by atoms with Crippen molar-refractivity contribution in [2.24, 2.45) is 0 Å². The van der Waals surface area contributed by atoms with Crippen LogP contribution in [0, 0.1) is 0 Å². The molecular formula is C14H9Cl4N3O3. The van der Waals surface area contributed by atoms with Crippen LogP contribution >= 0.6 is 46.4 Å². The lowest BCUT2D eigenvalue weighted by Crippen LogP contribution is -2.44. The van der Waals surface area contributed by atoms with Crippen molar-refractivity contribution in [3.05, 3.63) is 56.1 Å². The third-order valence-corrected chi connectivity index (χ3v) is 3.90. The maximum atomic E-state index is 11.9. The summed E-state index contributed by atoms with van der Waals surface area (Å²) < 4.78 is 5.12. The number of carbonyl (C=O) groups is 2. The van der Waals surface area contributed by atoms with Crippen LogP contribution < -0.4 is 15.6 Å². The van der Waals surface area contributed by atoms with Gasteiger partial charge in [-0.3, -0.25) is 20.4 Å². The van der Waals surface area contributed by atoms with Gasteiger partial charge in [-0.15, -0.1) is 0 Å². The maximum Gasteiger partial charge on any atom is 0.276 e. The van der Waals surface area contributed by atoms with E-state index in [9.17, 15) is 9.59 Å². The van der Waals surface area contributed by atoms with E-state index in [1.807, 2.05) is 0 Å². The molecule has 0 aliphatic heterocycles. The Morgan fingerprint density at radius 1 is 1.00 bits per heavy atom. The molecule has 6 nitrogen and oxygen atoms in total. The molecule has 0 aliphatic carbocycles. The first-order valence-corrected chi connectivity index (χ1v) is 7.87. The van der Waals surface area contributed by atoms with Crippen LogP contribution in [-0.4, -0.2) is 23.4 Å². The molecule has 0 bridgehead atoms. The van der Waals surface area contributed by atoms with Gasteiger partial charge in [0.1, 0.15) is 5.02 Å². The number of hydrogen-bond acceptors (Lipinski definition) is 4. The van der Waals surface area contributed by atoms with Crippen LogP contribution in [0.2, 0.25) is 20.2 Å². The Morgan fingerprint density at radius 2 is 1.71 bits per heavy atom. The topological polar surface area (TPSA) is 80.3 Å². The Labute approximate surface area is 157 Å². The summed E-state index contributed by atoms with van der Waals surface area (Å²) in [5.74, 6) is -1.27. The van der Waals surface area contributed by atoms with Crippen molar-refractivity contribution in [1.29, 1.82) is 0 Å². The second-order valence-corrected chi connectivity index (χ2v) is 5.90. The molecule has 0 saturated heterocycles. The molecule has 0 spiro atoms. The summed E-state index contributed by atoms with van der Waals surface area (Å²) in [5, 5.41) is 0.499. The number of ether oxygens (including phenoxy) is 1. The van der Waals surface area contributed by atoms with Crippen LogP contribution in [0.3, 0.4) is 0 Å². The summed E-state index contributed by atoms with van der Waals surface area (Å²) in [4.78, 5) is 27.3. The van der Waals surface area contributed by atoms with Crippen LogP contribution in [-0.2, 0) is 4.79 Å². The first kappa shape index (κ1) is 18.6. The van der Waals surface area contributed by atoms with Crippen LogP contribution in [0.1, 0.15) is 10.4 Å². The quantitative estimate of drug-likeness (QED) is 0.598. The van der Waals surface area contributed by atoms with E-state index in [0.29, 0.717) is 0 Å². The monoisotopic (exact) mass is 407 g/mol. The van der Waals surface area contributed by atoms with Crippen molar-refractivity contribution >= 4 is 58.2 Å². The summed E-state index contributed by atoms with van der Waals surface area (Å²) in [6.45, 7) is -0.451. The fraction of sp³-hybridized carbons (Fsp3) is 0.0714. The van der Waals surface area contributed by atoms with Crippen LogP contribution in [0.5, 0.6) is 5.88 Å². The van der Waals surface area contributed by atoms with Gasteiger partial charge in [0.2, 0.25) is 5.88 Å². The van der Waals surface area contributed by atoms with Gasteiger partial charge in [0.25, 0.3) is 11.8 Å². The molecule has 1 aromatic carbocycles. The molecule has 0 fully saturated rings. The van der Waals surface area contributed by atoms with E-state index in [0.717, 1.165) is 0 Å². The number of pyridine rings is 1. The van der Waals surface area contributed by atoms with E-state index in [-0.39, 0.29) is 31.7 Å². The zero-order chi connectivity index (χ0) is 17.7. The maximum absolute atomic E-state index is 11.9. The molecule has 2 N–H and O–H groups in total. The van der Waals surface area contributed by atoms with Crippen LogP contribution in [0.25, 0.3) is 0 Å². The van der Waals surface area contributed by atoms with Gasteiger partial charge in [-0.2, -0.15) is 4.98 Å². The Hall–Kier alpha value is -1.73. The summed E-state index contributed by atoms with van der Waals surface area (Å²) in [7, 11) is 0. The lowest BCUT2D eigenvalue weighted by molar-refractivity contribution is -0.123. The molecule has 126 valence electrons. The van der Waals surface area contributed by atoms with Gasteiger partial charge in [-0.05, 0) is 18.2 Å². The van der Waals surface area contributed by atoms with Crippen LogP contribution in [0.15, 0.2) is 30.3 Å². The molecular weight excluding hydrogens is 400 g/mol. The van der Waals surface area contributed by atoms with Gasteiger partial charge in [0.15, 0.2) is 11.8 Å². The summed E-state index contributed by atoms with van der Waals surface area (Å²) in [6, 6.07) is 7.73. The highest BCUT2D eigenvalue weighted by Gasteiger charge is 2.13. The van der Waals surface area contributed by atoms with Crippen molar-refractivity contribution in [2.75, 3.05) is 6.61 Å². The average Bonchev–Trinajstić information content (AvgIpc) is 2.55. The lowest BCUT2D eigenvalue weighted by atomic mass is 10.2. The van der Waals surface area contributed by atoms with E-state index >= 15 is 0 Å². The zero-order valence-corrected chi connectivity index (χ0v) is 14.8. The van der Waals surface area contributed by atoms with E-state index in [4.69, 9.17) is 51.1 Å². The highest BCUT2D eigenvalue weighted by molar-refractivity contribution is 6.42. The summed E-state index contributed by atoms with van der Waals surface area (Å²) in [6.07, 6.45) is 0. The molecule has 1 heterocycles. The molecule has 1 aromatic heterocycles. The number of nitrogens with zero attached hydrogens (tertiary/aromatic N) is 1. The Balaban J connectivity index is 1.87. The third kappa shape index (κ3) is 4.88. The van der Waals surface area contributed by atoms with Gasteiger partial charge >= 0.3 is 0 Å². The predicted molar refractivity (Wildman–Crippen MR) is 91.8 cm³/mol.